The third-order valence-electron chi connectivity index (χ3n) is 4.03. The van der Waals surface area contributed by atoms with E-state index in [2.05, 4.69) is 15.0 Å². The normalized spacial score (nSPS) is 10.7. The summed E-state index contributed by atoms with van der Waals surface area (Å²) in [5.74, 6) is -0.764. The summed E-state index contributed by atoms with van der Waals surface area (Å²) in [4.78, 5) is 41.8. The topological polar surface area (TPSA) is 90.3 Å². The van der Waals surface area contributed by atoms with E-state index in [0.29, 0.717) is 38.5 Å². The largest absolute Gasteiger partial charge is 0.465 e. The maximum absolute atomic E-state index is 12.6. The van der Waals surface area contributed by atoms with Crippen LogP contribution in [0.25, 0.3) is 10.2 Å². The van der Waals surface area contributed by atoms with Gasteiger partial charge in [0.05, 0.1) is 29.3 Å². The quantitative estimate of drug-likeness (QED) is 0.712. The van der Waals surface area contributed by atoms with Gasteiger partial charge in [0.2, 0.25) is 0 Å². The molecule has 0 aliphatic heterocycles. The number of amides is 1. The number of nitrogens with zero attached hydrogens (tertiary/aromatic N) is 2. The van der Waals surface area contributed by atoms with Gasteiger partial charge in [0.25, 0.3) is 11.5 Å². The third kappa shape index (κ3) is 3.11. The second-order valence-corrected chi connectivity index (χ2v) is 6.59. The molecule has 2 aromatic heterocycles. The number of hydrogen-bond acceptors (Lipinski definition) is 6. The van der Waals surface area contributed by atoms with Crippen molar-refractivity contribution >= 4 is 39.1 Å². The van der Waals surface area contributed by atoms with Crippen molar-refractivity contribution in [2.75, 3.05) is 12.4 Å². The minimum atomic E-state index is -0.443. The van der Waals surface area contributed by atoms with Crippen LogP contribution in [0.5, 0.6) is 0 Å². The summed E-state index contributed by atoms with van der Waals surface area (Å²) < 4.78 is 6.15. The molecule has 1 N–H and O–H groups in total. The van der Waals surface area contributed by atoms with E-state index < -0.39 is 5.97 Å². The summed E-state index contributed by atoms with van der Waals surface area (Å²) in [5.41, 5.74) is 1.41. The summed E-state index contributed by atoms with van der Waals surface area (Å²) in [6, 6.07) is 6.38. The van der Waals surface area contributed by atoms with Crippen LogP contribution in [0.15, 0.2) is 35.4 Å². The number of methoxy groups -OCH3 is 1. The van der Waals surface area contributed by atoms with Crippen molar-refractivity contribution in [2.45, 2.75) is 20.4 Å². The number of thiophene rings is 1. The lowest BCUT2D eigenvalue weighted by Crippen LogP contribution is -2.19. The third-order valence-corrected chi connectivity index (χ3v) is 5.23. The Balaban J connectivity index is 1.91. The average Bonchev–Trinajstić information content (AvgIpc) is 2.99. The van der Waals surface area contributed by atoms with Crippen molar-refractivity contribution in [2.24, 2.45) is 0 Å². The Labute approximate surface area is 153 Å². The van der Waals surface area contributed by atoms with E-state index in [-0.39, 0.29) is 11.5 Å². The first-order valence-electron chi connectivity index (χ1n) is 7.94. The molecule has 0 unspecified atom stereocenters. The van der Waals surface area contributed by atoms with E-state index >= 15 is 0 Å². The molecule has 3 rings (SSSR count). The van der Waals surface area contributed by atoms with Crippen LogP contribution in [0, 0.1) is 6.92 Å². The molecule has 1 aromatic carbocycles. The molecule has 2 heterocycles. The first kappa shape index (κ1) is 17.8. The fourth-order valence-corrected chi connectivity index (χ4v) is 3.63. The predicted molar refractivity (Wildman–Crippen MR) is 100 cm³/mol. The number of carbonyl (C=O) groups excluding carboxylic acids is 2. The molecule has 0 aliphatic rings. The van der Waals surface area contributed by atoms with Crippen LogP contribution in [0.2, 0.25) is 0 Å². The summed E-state index contributed by atoms with van der Waals surface area (Å²) in [6.07, 6.45) is 1.49. The minimum Gasteiger partial charge on any atom is -0.465 e. The molecule has 0 spiro atoms. The van der Waals surface area contributed by atoms with Crippen LogP contribution < -0.4 is 10.9 Å². The van der Waals surface area contributed by atoms with Gasteiger partial charge in [-0.05, 0) is 43.7 Å². The molecule has 0 radical (unpaired) electrons. The van der Waals surface area contributed by atoms with Crippen molar-refractivity contribution in [3.05, 3.63) is 57.0 Å². The Morgan fingerprint density at radius 2 is 1.96 bits per heavy atom. The second kappa shape index (κ2) is 7.09. The van der Waals surface area contributed by atoms with Crippen LogP contribution in [0.4, 0.5) is 5.69 Å². The predicted octanol–water partition coefficient (Wildman–Crippen LogP) is 2.83. The molecular weight excluding hydrogens is 354 g/mol. The van der Waals surface area contributed by atoms with E-state index in [9.17, 15) is 14.4 Å². The number of anilines is 1. The Morgan fingerprint density at radius 3 is 2.58 bits per heavy atom. The first-order chi connectivity index (χ1) is 12.5. The molecule has 1 amide bonds. The average molecular weight is 371 g/mol. The maximum Gasteiger partial charge on any atom is 0.337 e. The van der Waals surface area contributed by atoms with E-state index in [1.807, 2.05) is 6.92 Å². The SMILES string of the molecule is CCn1cnc2sc(C(=O)Nc3ccc(C(=O)OC)cc3)c(C)c2c1=O. The Kier molecular flexibility index (Phi) is 4.85. The number of aryl methyl sites for hydroxylation is 2. The molecule has 0 aliphatic carbocycles. The number of ether oxygens (including phenoxy) is 1. The van der Waals surface area contributed by atoms with E-state index in [1.54, 1.807) is 31.2 Å². The lowest BCUT2D eigenvalue weighted by molar-refractivity contribution is 0.0600. The second-order valence-electron chi connectivity index (χ2n) is 5.60. The number of fused-ring (bicyclic) bond motifs is 1. The van der Waals surface area contributed by atoms with Gasteiger partial charge < -0.3 is 10.1 Å². The standard InChI is InChI=1S/C18H17N3O4S/c1-4-21-9-19-16-13(17(21)23)10(2)14(26-16)15(22)20-12-7-5-11(6-8-12)18(24)25-3/h5-9H,4H2,1-3H3,(H,20,22). The Bertz CT molecular complexity index is 1050. The highest BCUT2D eigenvalue weighted by Gasteiger charge is 2.19. The molecule has 0 saturated heterocycles. The number of aromatic nitrogens is 2. The van der Waals surface area contributed by atoms with Crippen molar-refractivity contribution in [1.82, 2.24) is 9.55 Å². The highest BCUT2D eigenvalue weighted by atomic mass is 32.1. The zero-order valence-electron chi connectivity index (χ0n) is 14.5. The lowest BCUT2D eigenvalue weighted by atomic mass is 10.2. The molecule has 26 heavy (non-hydrogen) atoms. The number of benzene rings is 1. The molecule has 7 nitrogen and oxygen atoms in total. The van der Waals surface area contributed by atoms with Crippen LogP contribution in [-0.4, -0.2) is 28.5 Å². The Morgan fingerprint density at radius 1 is 1.27 bits per heavy atom. The molecular formula is C18H17N3O4S. The van der Waals surface area contributed by atoms with Crippen LogP contribution >= 0.6 is 11.3 Å². The van der Waals surface area contributed by atoms with E-state index in [1.165, 1.54) is 29.3 Å². The number of rotatable bonds is 4. The van der Waals surface area contributed by atoms with Crippen molar-refractivity contribution in [3.8, 4) is 0 Å². The number of hydrogen-bond donors (Lipinski definition) is 1. The smallest absolute Gasteiger partial charge is 0.337 e. The van der Waals surface area contributed by atoms with Crippen molar-refractivity contribution in [1.29, 1.82) is 0 Å². The maximum atomic E-state index is 12.6. The molecule has 0 saturated carbocycles. The number of nitrogens with one attached hydrogen (secondary N) is 1. The van der Waals surface area contributed by atoms with Gasteiger partial charge in [-0.1, -0.05) is 0 Å². The van der Waals surface area contributed by atoms with Crippen molar-refractivity contribution in [3.63, 3.8) is 0 Å². The van der Waals surface area contributed by atoms with Gasteiger partial charge in [0.15, 0.2) is 0 Å². The van der Waals surface area contributed by atoms with Gasteiger partial charge in [-0.2, -0.15) is 0 Å². The molecule has 0 bridgehead atoms. The van der Waals surface area contributed by atoms with Gasteiger partial charge in [0, 0.05) is 12.2 Å². The minimum absolute atomic E-state index is 0.146. The summed E-state index contributed by atoms with van der Waals surface area (Å²) in [6.45, 7) is 4.13. The summed E-state index contributed by atoms with van der Waals surface area (Å²) in [7, 11) is 1.31. The molecule has 8 heteroatoms. The zero-order chi connectivity index (χ0) is 18.8. The fourth-order valence-electron chi connectivity index (χ4n) is 2.60. The lowest BCUT2D eigenvalue weighted by Gasteiger charge is -2.05. The molecule has 0 fully saturated rings. The zero-order valence-corrected chi connectivity index (χ0v) is 15.3. The molecule has 134 valence electrons. The van der Waals surface area contributed by atoms with Crippen LogP contribution in [0.1, 0.15) is 32.5 Å². The highest BCUT2D eigenvalue weighted by Crippen LogP contribution is 2.27. The first-order valence-corrected chi connectivity index (χ1v) is 8.76. The summed E-state index contributed by atoms with van der Waals surface area (Å²) >= 11 is 1.19. The molecule has 0 atom stereocenters. The van der Waals surface area contributed by atoms with Crippen LogP contribution in [-0.2, 0) is 11.3 Å². The van der Waals surface area contributed by atoms with E-state index in [0.717, 1.165) is 0 Å². The summed E-state index contributed by atoms with van der Waals surface area (Å²) in [5, 5.41) is 3.25. The monoisotopic (exact) mass is 371 g/mol. The fraction of sp³-hybridized carbons (Fsp3) is 0.222. The van der Waals surface area contributed by atoms with Gasteiger partial charge >= 0.3 is 5.97 Å². The van der Waals surface area contributed by atoms with Gasteiger partial charge in [-0.3, -0.25) is 14.2 Å². The van der Waals surface area contributed by atoms with Crippen molar-refractivity contribution < 1.29 is 14.3 Å². The highest BCUT2D eigenvalue weighted by molar-refractivity contribution is 7.20. The molecule has 3 aromatic rings. The number of carbonyl (C=O) groups is 2. The number of esters is 1. The Hall–Kier alpha value is -3.00. The van der Waals surface area contributed by atoms with Gasteiger partial charge in [-0.15, -0.1) is 11.3 Å². The van der Waals surface area contributed by atoms with Gasteiger partial charge in [0.1, 0.15) is 4.83 Å². The van der Waals surface area contributed by atoms with E-state index in [4.69, 9.17) is 0 Å². The van der Waals surface area contributed by atoms with Crippen LogP contribution in [0.3, 0.4) is 0 Å². The van der Waals surface area contributed by atoms with Gasteiger partial charge in [-0.25, -0.2) is 9.78 Å².